The number of hydrogen-bond donors (Lipinski definition) is 0. The molecule has 1 aromatic heterocycles. The first-order chi connectivity index (χ1) is 7.20. The zero-order valence-electron chi connectivity index (χ0n) is 9.90. The minimum Gasteiger partial charge on any atom is -0.381 e. The molecule has 0 saturated carbocycles. The van der Waals surface area contributed by atoms with Gasteiger partial charge < -0.3 is 9.26 Å². The third-order valence-electron chi connectivity index (χ3n) is 2.32. The average Bonchev–Trinajstić information content (AvgIpc) is 2.69. The van der Waals surface area contributed by atoms with Crippen LogP contribution < -0.4 is 0 Å². The Morgan fingerprint density at radius 3 is 2.80 bits per heavy atom. The molecule has 0 saturated heterocycles. The van der Waals surface area contributed by atoms with Crippen LogP contribution in [0, 0.1) is 5.92 Å². The maximum Gasteiger partial charge on any atom is 0.139 e. The van der Waals surface area contributed by atoms with Crippen LogP contribution in [0.1, 0.15) is 45.3 Å². The molecular weight excluding hydrogens is 190 g/mol. The van der Waals surface area contributed by atoms with Crippen LogP contribution in [0.2, 0.25) is 0 Å². The highest BCUT2D eigenvalue weighted by Gasteiger charge is 2.08. The van der Waals surface area contributed by atoms with Crippen LogP contribution in [0.4, 0.5) is 0 Å². The van der Waals surface area contributed by atoms with Crippen molar-refractivity contribution < 1.29 is 9.26 Å². The lowest BCUT2D eigenvalue weighted by molar-refractivity contribution is 0.105. The fraction of sp³-hybridized carbons (Fsp3) is 0.750. The van der Waals surface area contributed by atoms with E-state index in [2.05, 4.69) is 25.9 Å². The third kappa shape index (κ3) is 4.98. The Morgan fingerprint density at radius 1 is 1.40 bits per heavy atom. The van der Waals surface area contributed by atoms with E-state index >= 15 is 0 Å². The number of rotatable bonds is 7. The van der Waals surface area contributed by atoms with Crippen molar-refractivity contribution in [2.75, 3.05) is 13.2 Å². The van der Waals surface area contributed by atoms with Gasteiger partial charge >= 0.3 is 0 Å². The summed E-state index contributed by atoms with van der Waals surface area (Å²) in [4.78, 5) is 0. The van der Waals surface area contributed by atoms with Gasteiger partial charge in [-0.25, -0.2) is 0 Å². The van der Waals surface area contributed by atoms with E-state index in [1.54, 1.807) is 6.20 Å². The van der Waals surface area contributed by atoms with Gasteiger partial charge in [0.1, 0.15) is 5.76 Å². The zero-order valence-corrected chi connectivity index (χ0v) is 9.90. The van der Waals surface area contributed by atoms with Crippen molar-refractivity contribution in [2.45, 2.75) is 39.5 Å². The highest BCUT2D eigenvalue weighted by atomic mass is 16.5. The molecule has 0 amide bonds. The quantitative estimate of drug-likeness (QED) is 0.649. The largest absolute Gasteiger partial charge is 0.381 e. The van der Waals surface area contributed by atoms with E-state index in [0.29, 0.717) is 11.8 Å². The molecule has 0 aliphatic rings. The van der Waals surface area contributed by atoms with Gasteiger partial charge in [-0.15, -0.1) is 0 Å². The van der Waals surface area contributed by atoms with E-state index in [-0.39, 0.29) is 0 Å². The van der Waals surface area contributed by atoms with Gasteiger partial charge in [0.05, 0.1) is 6.20 Å². The van der Waals surface area contributed by atoms with Crippen molar-refractivity contribution in [2.24, 2.45) is 5.92 Å². The fourth-order valence-electron chi connectivity index (χ4n) is 1.43. The second-order valence-corrected chi connectivity index (χ2v) is 4.43. The second kappa shape index (κ2) is 6.62. The number of ether oxygens (including phenoxy) is 1. The maximum atomic E-state index is 5.52. The van der Waals surface area contributed by atoms with Crippen LogP contribution in [0.5, 0.6) is 0 Å². The van der Waals surface area contributed by atoms with E-state index in [9.17, 15) is 0 Å². The lowest BCUT2D eigenvalue weighted by atomic mass is 10.0. The Kier molecular flexibility index (Phi) is 5.40. The number of hydrogen-bond acceptors (Lipinski definition) is 3. The molecule has 1 atom stereocenters. The first-order valence-electron chi connectivity index (χ1n) is 5.68. The molecular formula is C12H21NO2. The Morgan fingerprint density at radius 2 is 2.20 bits per heavy atom. The van der Waals surface area contributed by atoms with Gasteiger partial charge in [-0.3, -0.25) is 0 Å². The molecule has 3 heteroatoms. The summed E-state index contributed by atoms with van der Waals surface area (Å²) in [6, 6.07) is 1.93. The van der Waals surface area contributed by atoms with Gasteiger partial charge in [0.25, 0.3) is 0 Å². The standard InChI is InChI=1S/C12H21NO2/c1-10(2)9-14-8-4-5-11(3)12-6-7-13-15-12/h6-7,10-11H,4-5,8-9H2,1-3H3. The summed E-state index contributed by atoms with van der Waals surface area (Å²) in [5.74, 6) is 2.03. The topological polar surface area (TPSA) is 35.3 Å². The summed E-state index contributed by atoms with van der Waals surface area (Å²) in [7, 11) is 0. The van der Waals surface area contributed by atoms with Gasteiger partial charge in [0.15, 0.2) is 0 Å². The smallest absolute Gasteiger partial charge is 0.139 e. The average molecular weight is 211 g/mol. The summed E-state index contributed by atoms with van der Waals surface area (Å²) in [6.45, 7) is 8.19. The zero-order chi connectivity index (χ0) is 11.1. The molecule has 86 valence electrons. The van der Waals surface area contributed by atoms with E-state index in [1.165, 1.54) is 0 Å². The monoisotopic (exact) mass is 211 g/mol. The molecule has 3 nitrogen and oxygen atoms in total. The predicted molar refractivity (Wildman–Crippen MR) is 59.8 cm³/mol. The van der Waals surface area contributed by atoms with Gasteiger partial charge in [0.2, 0.25) is 0 Å². The summed E-state index contributed by atoms with van der Waals surface area (Å²) in [5.41, 5.74) is 0. The van der Waals surface area contributed by atoms with Crippen molar-refractivity contribution in [3.05, 3.63) is 18.0 Å². The first-order valence-corrected chi connectivity index (χ1v) is 5.68. The number of aromatic nitrogens is 1. The molecule has 0 radical (unpaired) electrons. The van der Waals surface area contributed by atoms with E-state index in [0.717, 1.165) is 31.8 Å². The normalized spacial score (nSPS) is 13.3. The minimum atomic E-state index is 0.440. The van der Waals surface area contributed by atoms with Crippen molar-refractivity contribution in [3.8, 4) is 0 Å². The molecule has 1 heterocycles. The van der Waals surface area contributed by atoms with Crippen LogP contribution in [-0.2, 0) is 4.74 Å². The lowest BCUT2D eigenvalue weighted by Crippen LogP contribution is -2.04. The van der Waals surface area contributed by atoms with Crippen LogP contribution in [0.3, 0.4) is 0 Å². The maximum absolute atomic E-state index is 5.52. The van der Waals surface area contributed by atoms with E-state index in [1.807, 2.05) is 6.07 Å². The summed E-state index contributed by atoms with van der Waals surface area (Å²) in [5, 5.41) is 3.70. The molecule has 0 aliphatic heterocycles. The molecule has 0 spiro atoms. The molecule has 1 unspecified atom stereocenters. The fourth-order valence-corrected chi connectivity index (χ4v) is 1.43. The van der Waals surface area contributed by atoms with Gasteiger partial charge in [-0.1, -0.05) is 25.9 Å². The van der Waals surface area contributed by atoms with Crippen molar-refractivity contribution in [3.63, 3.8) is 0 Å². The Bertz CT molecular complexity index is 244. The number of nitrogens with zero attached hydrogens (tertiary/aromatic N) is 1. The minimum absolute atomic E-state index is 0.440. The molecule has 0 N–H and O–H groups in total. The molecule has 0 bridgehead atoms. The van der Waals surface area contributed by atoms with E-state index < -0.39 is 0 Å². The van der Waals surface area contributed by atoms with Crippen LogP contribution in [0.25, 0.3) is 0 Å². The van der Waals surface area contributed by atoms with Crippen LogP contribution in [-0.4, -0.2) is 18.4 Å². The van der Waals surface area contributed by atoms with Crippen molar-refractivity contribution in [1.29, 1.82) is 0 Å². The first kappa shape index (κ1) is 12.2. The van der Waals surface area contributed by atoms with Crippen LogP contribution in [0.15, 0.2) is 16.8 Å². The predicted octanol–water partition coefficient (Wildman–Crippen LogP) is 3.23. The van der Waals surface area contributed by atoms with Crippen molar-refractivity contribution in [1.82, 2.24) is 5.16 Å². The Balaban J connectivity index is 2.05. The molecule has 0 aromatic carbocycles. The van der Waals surface area contributed by atoms with E-state index in [4.69, 9.17) is 9.26 Å². The summed E-state index contributed by atoms with van der Waals surface area (Å²) in [6.07, 6.45) is 3.86. The molecule has 15 heavy (non-hydrogen) atoms. The third-order valence-corrected chi connectivity index (χ3v) is 2.32. The molecule has 0 aliphatic carbocycles. The lowest BCUT2D eigenvalue weighted by Gasteiger charge is -2.09. The van der Waals surface area contributed by atoms with Gasteiger partial charge in [-0.05, 0) is 18.8 Å². The second-order valence-electron chi connectivity index (χ2n) is 4.43. The summed E-state index contributed by atoms with van der Waals surface area (Å²) < 4.78 is 10.6. The Labute approximate surface area is 91.8 Å². The summed E-state index contributed by atoms with van der Waals surface area (Å²) >= 11 is 0. The molecule has 0 fully saturated rings. The molecule has 1 rings (SSSR count). The van der Waals surface area contributed by atoms with Crippen molar-refractivity contribution >= 4 is 0 Å². The van der Waals surface area contributed by atoms with Gasteiger partial charge in [0, 0.05) is 25.2 Å². The SMILES string of the molecule is CC(C)COCCCC(C)c1ccno1. The van der Waals surface area contributed by atoms with Gasteiger partial charge in [-0.2, -0.15) is 0 Å². The molecule has 1 aromatic rings. The van der Waals surface area contributed by atoms with Crippen LogP contribution >= 0.6 is 0 Å². The Hall–Kier alpha value is -0.830. The highest BCUT2D eigenvalue weighted by molar-refractivity contribution is 4.99. The highest BCUT2D eigenvalue weighted by Crippen LogP contribution is 2.19.